The number of rotatable bonds is 7. The third-order valence-corrected chi connectivity index (χ3v) is 6.83. The quantitative estimate of drug-likeness (QED) is 0.606. The Morgan fingerprint density at radius 3 is 2.32 bits per heavy atom. The molecule has 1 nitrogen and oxygen atoms in total. The van der Waals surface area contributed by atoms with Gasteiger partial charge in [0.1, 0.15) is 0 Å². The Morgan fingerprint density at radius 2 is 1.68 bits per heavy atom. The van der Waals surface area contributed by atoms with E-state index >= 15 is 0 Å². The summed E-state index contributed by atoms with van der Waals surface area (Å²) in [4.78, 5) is 0. The fourth-order valence-electron chi connectivity index (χ4n) is 5.40. The van der Waals surface area contributed by atoms with Crippen LogP contribution in [-0.4, -0.2) is 11.7 Å². The van der Waals surface area contributed by atoms with Crippen LogP contribution >= 0.6 is 0 Å². The molecular weight excluding hydrogens is 268 g/mol. The second kappa shape index (κ2) is 9.30. The van der Waals surface area contributed by atoms with Gasteiger partial charge in [0.15, 0.2) is 0 Å². The smallest absolute Gasteiger partial charge is 0.0462 e. The highest BCUT2D eigenvalue weighted by Gasteiger charge is 2.35. The van der Waals surface area contributed by atoms with Gasteiger partial charge >= 0.3 is 0 Å². The first-order valence-corrected chi connectivity index (χ1v) is 10.2. The molecule has 2 aliphatic carbocycles. The van der Waals surface area contributed by atoms with Crippen LogP contribution in [0.25, 0.3) is 0 Å². The van der Waals surface area contributed by atoms with Crippen molar-refractivity contribution in [3.63, 3.8) is 0 Å². The van der Waals surface area contributed by atoms with Gasteiger partial charge in [-0.1, -0.05) is 72.1 Å². The molecule has 0 radical (unpaired) electrons. The maximum absolute atomic E-state index is 10.0. The summed E-state index contributed by atoms with van der Waals surface area (Å²) < 4.78 is 0. The Balaban J connectivity index is 1.82. The zero-order chi connectivity index (χ0) is 15.9. The molecule has 4 unspecified atom stereocenters. The van der Waals surface area contributed by atoms with E-state index in [4.69, 9.17) is 0 Å². The van der Waals surface area contributed by atoms with Gasteiger partial charge in [-0.05, 0) is 54.8 Å². The SMILES string of the molecule is CC1CCC(C(C)C)C(C(CO)CCCC2CCCCC2)C1. The number of aliphatic hydroxyl groups is 1. The van der Waals surface area contributed by atoms with Gasteiger partial charge in [0.05, 0.1) is 0 Å². The van der Waals surface area contributed by atoms with Crippen molar-refractivity contribution in [2.75, 3.05) is 6.61 Å². The number of hydrogen-bond acceptors (Lipinski definition) is 1. The van der Waals surface area contributed by atoms with Crippen molar-refractivity contribution in [3.8, 4) is 0 Å². The monoisotopic (exact) mass is 308 g/mol. The predicted molar refractivity (Wildman–Crippen MR) is 95.8 cm³/mol. The van der Waals surface area contributed by atoms with Gasteiger partial charge in [-0.25, -0.2) is 0 Å². The summed E-state index contributed by atoms with van der Waals surface area (Å²) in [7, 11) is 0. The summed E-state index contributed by atoms with van der Waals surface area (Å²) in [5.41, 5.74) is 0. The lowest BCUT2D eigenvalue weighted by Crippen LogP contribution is -2.34. The van der Waals surface area contributed by atoms with E-state index in [2.05, 4.69) is 20.8 Å². The molecule has 0 aromatic carbocycles. The van der Waals surface area contributed by atoms with Gasteiger partial charge in [0.2, 0.25) is 0 Å². The van der Waals surface area contributed by atoms with E-state index in [1.165, 1.54) is 70.6 Å². The van der Waals surface area contributed by atoms with Crippen molar-refractivity contribution in [1.82, 2.24) is 0 Å². The Bertz CT molecular complexity index is 292. The molecule has 2 aliphatic rings. The second-order valence-corrected chi connectivity index (χ2v) is 8.87. The average Bonchev–Trinajstić information content (AvgIpc) is 2.52. The summed E-state index contributed by atoms with van der Waals surface area (Å²) in [6.45, 7) is 7.62. The van der Waals surface area contributed by atoms with Crippen molar-refractivity contribution >= 4 is 0 Å². The molecule has 0 aliphatic heterocycles. The second-order valence-electron chi connectivity index (χ2n) is 8.87. The van der Waals surface area contributed by atoms with E-state index in [1.54, 1.807) is 0 Å². The summed E-state index contributed by atoms with van der Waals surface area (Å²) >= 11 is 0. The molecule has 1 heteroatoms. The molecule has 2 rings (SSSR count). The number of aliphatic hydroxyl groups excluding tert-OH is 1. The average molecular weight is 309 g/mol. The Hall–Kier alpha value is -0.0400. The van der Waals surface area contributed by atoms with E-state index in [9.17, 15) is 5.11 Å². The molecule has 130 valence electrons. The van der Waals surface area contributed by atoms with Crippen LogP contribution in [0.5, 0.6) is 0 Å². The molecule has 0 amide bonds. The molecule has 22 heavy (non-hydrogen) atoms. The molecule has 4 atom stereocenters. The van der Waals surface area contributed by atoms with Crippen LogP contribution in [0.15, 0.2) is 0 Å². The zero-order valence-electron chi connectivity index (χ0n) is 15.4. The maximum atomic E-state index is 10.0. The first kappa shape index (κ1) is 18.3. The van der Waals surface area contributed by atoms with E-state index < -0.39 is 0 Å². The molecular formula is C21H40O. The molecule has 0 aromatic rings. The molecule has 0 aromatic heterocycles. The summed E-state index contributed by atoms with van der Waals surface area (Å²) in [5.74, 6) is 4.85. The first-order chi connectivity index (χ1) is 10.6. The standard InChI is InChI=1S/C21H40O/c1-16(2)20-13-12-17(3)14-21(20)19(15-22)11-7-10-18-8-5-4-6-9-18/h16-22H,4-15H2,1-3H3. The lowest BCUT2D eigenvalue weighted by atomic mass is 9.64. The maximum Gasteiger partial charge on any atom is 0.0462 e. The van der Waals surface area contributed by atoms with E-state index in [-0.39, 0.29) is 0 Å². The Kier molecular flexibility index (Phi) is 7.74. The highest BCUT2D eigenvalue weighted by atomic mass is 16.3. The van der Waals surface area contributed by atoms with Crippen LogP contribution in [0, 0.1) is 35.5 Å². The van der Waals surface area contributed by atoms with Crippen molar-refractivity contribution in [2.45, 2.75) is 91.4 Å². The van der Waals surface area contributed by atoms with Crippen LogP contribution in [-0.2, 0) is 0 Å². The lowest BCUT2D eigenvalue weighted by molar-refractivity contribution is 0.0522. The van der Waals surface area contributed by atoms with E-state index in [0.29, 0.717) is 12.5 Å². The fraction of sp³-hybridized carbons (Fsp3) is 1.00. The van der Waals surface area contributed by atoms with Gasteiger partial charge < -0.3 is 5.11 Å². The first-order valence-electron chi connectivity index (χ1n) is 10.2. The Morgan fingerprint density at radius 1 is 0.955 bits per heavy atom. The van der Waals surface area contributed by atoms with Gasteiger partial charge in [-0.2, -0.15) is 0 Å². The molecule has 2 fully saturated rings. The van der Waals surface area contributed by atoms with Crippen LogP contribution in [0.2, 0.25) is 0 Å². The minimum absolute atomic E-state index is 0.422. The van der Waals surface area contributed by atoms with Crippen LogP contribution in [0.4, 0.5) is 0 Å². The minimum Gasteiger partial charge on any atom is -0.396 e. The van der Waals surface area contributed by atoms with Crippen LogP contribution in [0.1, 0.15) is 91.4 Å². The molecule has 0 bridgehead atoms. The lowest BCUT2D eigenvalue weighted by Gasteiger charge is -2.41. The largest absolute Gasteiger partial charge is 0.396 e. The van der Waals surface area contributed by atoms with Gasteiger partial charge in [-0.15, -0.1) is 0 Å². The zero-order valence-corrected chi connectivity index (χ0v) is 15.4. The molecule has 0 saturated heterocycles. The number of hydrogen-bond donors (Lipinski definition) is 1. The van der Waals surface area contributed by atoms with Crippen molar-refractivity contribution in [2.24, 2.45) is 35.5 Å². The topological polar surface area (TPSA) is 20.2 Å². The van der Waals surface area contributed by atoms with Crippen LogP contribution < -0.4 is 0 Å². The summed E-state index contributed by atoms with van der Waals surface area (Å²) in [6, 6.07) is 0. The van der Waals surface area contributed by atoms with Gasteiger partial charge in [0, 0.05) is 6.61 Å². The molecule has 0 heterocycles. The Labute approximate surface area is 139 Å². The fourth-order valence-corrected chi connectivity index (χ4v) is 5.40. The normalized spacial score (nSPS) is 32.3. The molecule has 1 N–H and O–H groups in total. The highest BCUT2D eigenvalue weighted by Crippen LogP contribution is 2.43. The molecule has 2 saturated carbocycles. The summed E-state index contributed by atoms with van der Waals surface area (Å²) in [6.07, 6.45) is 15.5. The van der Waals surface area contributed by atoms with Crippen molar-refractivity contribution in [3.05, 3.63) is 0 Å². The minimum atomic E-state index is 0.422. The predicted octanol–water partition coefficient (Wildman–Crippen LogP) is 6.05. The molecule has 0 spiro atoms. The third-order valence-electron chi connectivity index (χ3n) is 6.83. The van der Waals surface area contributed by atoms with Gasteiger partial charge in [-0.3, -0.25) is 0 Å². The third kappa shape index (κ3) is 5.25. The van der Waals surface area contributed by atoms with E-state index in [1.807, 2.05) is 0 Å². The van der Waals surface area contributed by atoms with Crippen molar-refractivity contribution in [1.29, 1.82) is 0 Å². The highest BCUT2D eigenvalue weighted by molar-refractivity contribution is 4.85. The summed E-state index contributed by atoms with van der Waals surface area (Å²) in [5, 5.41) is 10.0. The van der Waals surface area contributed by atoms with Crippen molar-refractivity contribution < 1.29 is 5.11 Å². The van der Waals surface area contributed by atoms with Gasteiger partial charge in [0.25, 0.3) is 0 Å². The van der Waals surface area contributed by atoms with E-state index in [0.717, 1.165) is 29.6 Å². The van der Waals surface area contributed by atoms with Crippen LogP contribution in [0.3, 0.4) is 0 Å².